The first-order valence-electron chi connectivity index (χ1n) is 7.51. The summed E-state index contributed by atoms with van der Waals surface area (Å²) in [6.45, 7) is 1.39. The maximum absolute atomic E-state index is 11.1. The Balaban J connectivity index is 1.88. The van der Waals surface area contributed by atoms with Crippen LogP contribution < -0.4 is 0 Å². The van der Waals surface area contributed by atoms with E-state index in [4.69, 9.17) is 32.7 Å². The fourth-order valence-corrected chi connectivity index (χ4v) is 3.40. The normalized spacial score (nSPS) is 18.0. The van der Waals surface area contributed by atoms with Gasteiger partial charge >= 0.3 is 5.97 Å². The van der Waals surface area contributed by atoms with E-state index in [1.54, 1.807) is 12.3 Å². The van der Waals surface area contributed by atoms with Gasteiger partial charge in [0.1, 0.15) is 5.76 Å². The number of rotatable bonds is 4. The molecule has 2 heterocycles. The van der Waals surface area contributed by atoms with E-state index >= 15 is 0 Å². The van der Waals surface area contributed by atoms with Gasteiger partial charge in [-0.15, -0.1) is 0 Å². The fourth-order valence-electron chi connectivity index (χ4n) is 3.09. The molecular weight excluding hydrogens is 337 g/mol. The molecule has 0 saturated carbocycles. The van der Waals surface area contributed by atoms with Crippen LogP contribution in [0.5, 0.6) is 0 Å². The third kappa shape index (κ3) is 3.55. The molecule has 1 N–H and O–H groups in total. The highest BCUT2D eigenvalue weighted by Crippen LogP contribution is 2.35. The summed E-state index contributed by atoms with van der Waals surface area (Å²) in [4.78, 5) is 13.4. The van der Waals surface area contributed by atoms with Crippen molar-refractivity contribution in [3.05, 3.63) is 58.0 Å². The zero-order valence-electron chi connectivity index (χ0n) is 12.4. The van der Waals surface area contributed by atoms with Crippen LogP contribution >= 0.6 is 23.2 Å². The molecule has 23 heavy (non-hydrogen) atoms. The lowest BCUT2D eigenvalue weighted by atomic mass is 9.93. The highest BCUT2D eigenvalue weighted by molar-refractivity contribution is 6.42. The summed E-state index contributed by atoms with van der Waals surface area (Å²) < 4.78 is 5.61. The Labute approximate surface area is 144 Å². The van der Waals surface area contributed by atoms with Crippen LogP contribution in [-0.2, 0) is 4.79 Å². The van der Waals surface area contributed by atoms with Crippen molar-refractivity contribution in [2.24, 2.45) is 5.92 Å². The first-order valence-corrected chi connectivity index (χ1v) is 8.27. The fraction of sp³-hybridized carbons (Fsp3) is 0.353. The predicted molar refractivity (Wildman–Crippen MR) is 88.9 cm³/mol. The van der Waals surface area contributed by atoms with Gasteiger partial charge in [0.15, 0.2) is 0 Å². The van der Waals surface area contributed by atoms with Crippen LogP contribution in [-0.4, -0.2) is 29.1 Å². The van der Waals surface area contributed by atoms with Crippen molar-refractivity contribution in [2.75, 3.05) is 13.1 Å². The average molecular weight is 354 g/mol. The molecular formula is C17H17Cl2NO3. The quantitative estimate of drug-likeness (QED) is 0.880. The van der Waals surface area contributed by atoms with Crippen LogP contribution in [0.3, 0.4) is 0 Å². The van der Waals surface area contributed by atoms with Crippen molar-refractivity contribution in [2.45, 2.75) is 18.9 Å². The summed E-state index contributed by atoms with van der Waals surface area (Å²) in [5, 5.41) is 10.2. The molecule has 3 rings (SSSR count). The van der Waals surface area contributed by atoms with Crippen molar-refractivity contribution >= 4 is 29.2 Å². The number of hydrogen-bond acceptors (Lipinski definition) is 3. The number of carboxylic acid groups (broad SMARTS) is 1. The highest BCUT2D eigenvalue weighted by atomic mass is 35.5. The standard InChI is InChI=1S/C17H17Cl2NO3/c18-13-4-3-12(10-14(13)19)16(15-2-1-9-23-15)20-7-5-11(6-8-20)17(21)22/h1-4,9-11,16H,5-8H2,(H,21,22). The average Bonchev–Trinajstić information content (AvgIpc) is 3.05. The van der Waals surface area contributed by atoms with E-state index in [-0.39, 0.29) is 12.0 Å². The molecule has 1 aliphatic rings. The Hall–Kier alpha value is -1.49. The maximum Gasteiger partial charge on any atom is 0.306 e. The van der Waals surface area contributed by atoms with Gasteiger partial charge in [0.2, 0.25) is 0 Å². The van der Waals surface area contributed by atoms with E-state index in [0.717, 1.165) is 11.3 Å². The van der Waals surface area contributed by atoms with Crippen LogP contribution in [0.2, 0.25) is 10.0 Å². The summed E-state index contributed by atoms with van der Waals surface area (Å²) >= 11 is 12.2. The van der Waals surface area contributed by atoms with E-state index in [1.807, 2.05) is 24.3 Å². The van der Waals surface area contributed by atoms with Gasteiger partial charge < -0.3 is 9.52 Å². The highest BCUT2D eigenvalue weighted by Gasteiger charge is 2.31. The van der Waals surface area contributed by atoms with Crippen molar-refractivity contribution in [1.82, 2.24) is 4.90 Å². The number of piperidine rings is 1. The Morgan fingerprint density at radius 3 is 2.52 bits per heavy atom. The minimum atomic E-state index is -0.714. The Morgan fingerprint density at radius 2 is 1.96 bits per heavy atom. The molecule has 0 amide bonds. The molecule has 1 aromatic carbocycles. The van der Waals surface area contributed by atoms with Crippen molar-refractivity contribution < 1.29 is 14.3 Å². The largest absolute Gasteiger partial charge is 0.481 e. The zero-order chi connectivity index (χ0) is 16.4. The molecule has 122 valence electrons. The number of nitrogens with zero attached hydrogens (tertiary/aromatic N) is 1. The maximum atomic E-state index is 11.1. The van der Waals surface area contributed by atoms with Crippen molar-refractivity contribution in [1.29, 1.82) is 0 Å². The number of halogens is 2. The van der Waals surface area contributed by atoms with Crippen LogP contribution in [0, 0.1) is 5.92 Å². The van der Waals surface area contributed by atoms with Gasteiger partial charge in [-0.05, 0) is 55.8 Å². The van der Waals surface area contributed by atoms with Gasteiger partial charge in [-0.3, -0.25) is 9.69 Å². The summed E-state index contributed by atoms with van der Waals surface area (Å²) in [6.07, 6.45) is 2.91. The van der Waals surface area contributed by atoms with Gasteiger partial charge in [0, 0.05) is 0 Å². The van der Waals surface area contributed by atoms with E-state index in [1.165, 1.54) is 0 Å². The molecule has 1 unspecified atom stereocenters. The minimum Gasteiger partial charge on any atom is -0.481 e. The molecule has 6 heteroatoms. The number of aliphatic carboxylic acids is 1. The van der Waals surface area contributed by atoms with Crippen LogP contribution in [0.1, 0.15) is 30.2 Å². The van der Waals surface area contributed by atoms with Crippen LogP contribution in [0.4, 0.5) is 0 Å². The Kier molecular flexibility index (Phi) is 4.95. The van der Waals surface area contributed by atoms with Crippen molar-refractivity contribution in [3.8, 4) is 0 Å². The molecule has 1 atom stereocenters. The second-order valence-corrected chi connectivity index (χ2v) is 6.55. The molecule has 1 aliphatic heterocycles. The SMILES string of the molecule is O=C(O)C1CCN(C(c2ccc(Cl)c(Cl)c2)c2ccco2)CC1. The van der Waals surface area contributed by atoms with Gasteiger partial charge in [0.05, 0.1) is 28.3 Å². The van der Waals surface area contributed by atoms with Gasteiger partial charge in [-0.1, -0.05) is 29.3 Å². The number of carboxylic acids is 1. The molecule has 0 spiro atoms. The number of carbonyl (C=O) groups is 1. The molecule has 2 aromatic rings. The summed E-state index contributed by atoms with van der Waals surface area (Å²) in [6, 6.07) is 9.25. The van der Waals surface area contributed by atoms with Crippen molar-refractivity contribution in [3.63, 3.8) is 0 Å². The second-order valence-electron chi connectivity index (χ2n) is 5.74. The lowest BCUT2D eigenvalue weighted by Crippen LogP contribution is -2.39. The lowest BCUT2D eigenvalue weighted by Gasteiger charge is -2.35. The third-order valence-corrected chi connectivity index (χ3v) is 5.06. The van der Waals surface area contributed by atoms with E-state index in [2.05, 4.69) is 4.90 Å². The van der Waals surface area contributed by atoms with E-state index in [0.29, 0.717) is 36.0 Å². The summed E-state index contributed by atoms with van der Waals surface area (Å²) in [5.41, 5.74) is 0.989. The van der Waals surface area contributed by atoms with Crippen LogP contribution in [0.25, 0.3) is 0 Å². The Morgan fingerprint density at radius 1 is 1.22 bits per heavy atom. The molecule has 1 saturated heterocycles. The molecule has 0 aliphatic carbocycles. The number of likely N-dealkylation sites (tertiary alicyclic amines) is 1. The molecule has 4 nitrogen and oxygen atoms in total. The number of benzene rings is 1. The summed E-state index contributed by atoms with van der Waals surface area (Å²) in [7, 11) is 0. The number of hydrogen-bond donors (Lipinski definition) is 1. The summed E-state index contributed by atoms with van der Waals surface area (Å²) in [5.74, 6) is -0.164. The van der Waals surface area contributed by atoms with Gasteiger partial charge in [-0.25, -0.2) is 0 Å². The predicted octanol–water partition coefficient (Wildman–Crippen LogP) is 4.47. The lowest BCUT2D eigenvalue weighted by molar-refractivity contribution is -0.143. The Bertz CT molecular complexity index is 679. The molecule has 0 bridgehead atoms. The first-order chi connectivity index (χ1) is 11.1. The second kappa shape index (κ2) is 6.95. The minimum absolute atomic E-state index is 0.0884. The van der Waals surface area contributed by atoms with E-state index < -0.39 is 5.97 Å². The smallest absolute Gasteiger partial charge is 0.306 e. The molecule has 1 fully saturated rings. The van der Waals surface area contributed by atoms with E-state index in [9.17, 15) is 4.79 Å². The molecule has 0 radical (unpaired) electrons. The zero-order valence-corrected chi connectivity index (χ0v) is 13.9. The van der Waals surface area contributed by atoms with Gasteiger partial charge in [0.25, 0.3) is 0 Å². The molecule has 1 aromatic heterocycles. The first kappa shape index (κ1) is 16.4. The monoisotopic (exact) mass is 353 g/mol. The number of furan rings is 1. The topological polar surface area (TPSA) is 53.7 Å². The van der Waals surface area contributed by atoms with Crippen LogP contribution in [0.15, 0.2) is 41.0 Å². The third-order valence-electron chi connectivity index (χ3n) is 4.32. The van der Waals surface area contributed by atoms with Gasteiger partial charge in [-0.2, -0.15) is 0 Å².